The summed E-state index contributed by atoms with van der Waals surface area (Å²) in [5, 5.41) is 17.1. The zero-order valence-electron chi connectivity index (χ0n) is 17.7. The molecule has 1 atom stereocenters. The number of nitrogens with zero attached hydrogens (tertiary/aromatic N) is 3. The van der Waals surface area contributed by atoms with Crippen LogP contribution in [0.2, 0.25) is 0 Å². The van der Waals surface area contributed by atoms with Crippen molar-refractivity contribution in [2.45, 2.75) is 46.7 Å². The summed E-state index contributed by atoms with van der Waals surface area (Å²) in [6.07, 6.45) is 5.07. The highest BCUT2D eigenvalue weighted by Crippen LogP contribution is 2.27. The highest BCUT2D eigenvalue weighted by Gasteiger charge is 2.26. The zero-order chi connectivity index (χ0) is 20.1. The lowest BCUT2D eigenvalue weighted by Gasteiger charge is -2.41. The van der Waals surface area contributed by atoms with Crippen LogP contribution in [0.15, 0.2) is 36.0 Å². The number of aliphatic hydroxyl groups excluding tert-OH is 1. The third-order valence-electron chi connectivity index (χ3n) is 5.66. The summed E-state index contributed by atoms with van der Waals surface area (Å²) >= 11 is 0. The third-order valence-corrected chi connectivity index (χ3v) is 5.66. The van der Waals surface area contributed by atoms with Crippen molar-refractivity contribution < 1.29 is 5.11 Å². The molecule has 0 spiro atoms. The number of rotatable bonds is 7. The molecule has 28 heavy (non-hydrogen) atoms. The van der Waals surface area contributed by atoms with Gasteiger partial charge < -0.3 is 5.11 Å². The summed E-state index contributed by atoms with van der Waals surface area (Å²) in [7, 11) is 0. The Morgan fingerprint density at radius 3 is 2.86 bits per heavy atom. The molecule has 1 fully saturated rings. The van der Waals surface area contributed by atoms with E-state index in [1.807, 2.05) is 6.20 Å². The van der Waals surface area contributed by atoms with E-state index in [0.717, 1.165) is 44.8 Å². The Kier molecular flexibility index (Phi) is 7.05. The summed E-state index contributed by atoms with van der Waals surface area (Å²) in [6.45, 7) is 13.7. The van der Waals surface area contributed by atoms with Gasteiger partial charge in [-0.2, -0.15) is 5.10 Å². The Labute approximate surface area is 169 Å². The predicted octanol–water partition coefficient (Wildman–Crippen LogP) is 3.53. The minimum atomic E-state index is 0.239. The molecule has 1 aromatic carbocycles. The van der Waals surface area contributed by atoms with E-state index in [1.54, 1.807) is 0 Å². The number of aliphatic hydroxyl groups is 1. The second kappa shape index (κ2) is 9.50. The second-order valence-corrected chi connectivity index (χ2v) is 8.27. The lowest BCUT2D eigenvalue weighted by molar-refractivity contribution is 0.0637. The van der Waals surface area contributed by atoms with Crippen molar-refractivity contribution in [1.29, 1.82) is 0 Å². The number of hydrogen-bond acceptors (Lipinski definition) is 4. The number of piperazine rings is 1. The van der Waals surface area contributed by atoms with Crippen LogP contribution in [-0.2, 0) is 6.54 Å². The molecule has 2 N–H and O–H groups in total. The number of H-pyrrole nitrogens is 1. The van der Waals surface area contributed by atoms with Gasteiger partial charge in [0.25, 0.3) is 0 Å². The Balaban J connectivity index is 1.72. The summed E-state index contributed by atoms with van der Waals surface area (Å²) in [6, 6.07) is 6.96. The molecule has 3 rings (SSSR count). The van der Waals surface area contributed by atoms with E-state index in [2.05, 4.69) is 72.0 Å². The Bertz CT molecular complexity index is 807. The fourth-order valence-corrected chi connectivity index (χ4v) is 3.97. The van der Waals surface area contributed by atoms with Crippen LogP contribution in [0.3, 0.4) is 0 Å². The van der Waals surface area contributed by atoms with Gasteiger partial charge in [0.1, 0.15) is 0 Å². The van der Waals surface area contributed by atoms with Crippen molar-refractivity contribution in [2.75, 3.05) is 32.8 Å². The van der Waals surface area contributed by atoms with E-state index in [9.17, 15) is 5.11 Å². The van der Waals surface area contributed by atoms with Crippen molar-refractivity contribution >= 4 is 0 Å². The Morgan fingerprint density at radius 2 is 2.11 bits per heavy atom. The van der Waals surface area contributed by atoms with Crippen molar-refractivity contribution in [3.63, 3.8) is 0 Å². The first-order valence-electron chi connectivity index (χ1n) is 10.3. The normalized spacial score (nSPS) is 18.4. The van der Waals surface area contributed by atoms with E-state index in [0.29, 0.717) is 6.04 Å². The fraction of sp³-hybridized carbons (Fsp3) is 0.522. The average Bonchev–Trinajstić information content (AvgIpc) is 3.11. The summed E-state index contributed by atoms with van der Waals surface area (Å²) < 4.78 is 0. The van der Waals surface area contributed by atoms with E-state index < -0.39 is 0 Å². The van der Waals surface area contributed by atoms with E-state index in [-0.39, 0.29) is 6.61 Å². The minimum absolute atomic E-state index is 0.239. The molecule has 2 heterocycles. The van der Waals surface area contributed by atoms with Gasteiger partial charge in [-0.05, 0) is 45.7 Å². The maximum Gasteiger partial charge on any atom is 0.0698 e. The Morgan fingerprint density at radius 1 is 1.29 bits per heavy atom. The molecule has 1 aliphatic heterocycles. The van der Waals surface area contributed by atoms with Gasteiger partial charge in [-0.15, -0.1) is 0 Å². The van der Waals surface area contributed by atoms with Gasteiger partial charge in [0, 0.05) is 56.5 Å². The van der Waals surface area contributed by atoms with E-state index >= 15 is 0 Å². The van der Waals surface area contributed by atoms with Crippen LogP contribution in [-0.4, -0.2) is 63.9 Å². The smallest absolute Gasteiger partial charge is 0.0698 e. The SMILES string of the molecule is CC(C)=CCN1CCN(Cc2cn[nH]c2-c2cc(C)ccc2C)C[C@H]1CCO. The number of aromatic nitrogens is 2. The maximum absolute atomic E-state index is 9.53. The summed E-state index contributed by atoms with van der Waals surface area (Å²) in [5.41, 5.74) is 7.49. The van der Waals surface area contributed by atoms with Crippen molar-refractivity contribution in [3.8, 4) is 11.3 Å². The van der Waals surface area contributed by atoms with Crippen LogP contribution in [0.5, 0.6) is 0 Å². The molecule has 0 amide bonds. The fourth-order valence-electron chi connectivity index (χ4n) is 3.97. The molecule has 0 saturated carbocycles. The lowest BCUT2D eigenvalue weighted by atomic mass is 10.00. The monoisotopic (exact) mass is 382 g/mol. The largest absolute Gasteiger partial charge is 0.396 e. The molecule has 1 saturated heterocycles. The van der Waals surface area contributed by atoms with Gasteiger partial charge in [0.2, 0.25) is 0 Å². The van der Waals surface area contributed by atoms with Crippen molar-refractivity contribution in [2.24, 2.45) is 0 Å². The number of hydrogen-bond donors (Lipinski definition) is 2. The maximum atomic E-state index is 9.53. The molecule has 0 bridgehead atoms. The van der Waals surface area contributed by atoms with Gasteiger partial charge >= 0.3 is 0 Å². The van der Waals surface area contributed by atoms with Gasteiger partial charge in [-0.1, -0.05) is 29.3 Å². The topological polar surface area (TPSA) is 55.4 Å². The molecule has 1 aromatic heterocycles. The van der Waals surface area contributed by atoms with Crippen LogP contribution in [0.25, 0.3) is 11.3 Å². The molecule has 1 aliphatic rings. The first kappa shape index (κ1) is 20.8. The minimum Gasteiger partial charge on any atom is -0.396 e. The number of aryl methyl sites for hydroxylation is 2. The quantitative estimate of drug-likeness (QED) is 0.720. The highest BCUT2D eigenvalue weighted by atomic mass is 16.3. The van der Waals surface area contributed by atoms with Crippen molar-refractivity contribution in [3.05, 3.63) is 52.7 Å². The summed E-state index contributed by atoms with van der Waals surface area (Å²) in [4.78, 5) is 5.00. The standard InChI is InChI=1S/C23H34N4O/c1-17(2)7-9-27-11-10-26(16-21(27)8-12-28)15-20-14-24-25-23(20)22-13-18(3)5-6-19(22)4/h5-7,13-14,21,28H,8-12,15-16H2,1-4H3,(H,24,25)/t21-/m1/s1. The average molecular weight is 383 g/mol. The van der Waals surface area contributed by atoms with E-state index in [1.165, 1.54) is 27.8 Å². The molecule has 0 aliphatic carbocycles. The van der Waals surface area contributed by atoms with Crippen LogP contribution < -0.4 is 0 Å². The summed E-state index contributed by atoms with van der Waals surface area (Å²) in [5.74, 6) is 0. The number of allylic oxidation sites excluding steroid dienone is 1. The van der Waals surface area contributed by atoms with Gasteiger partial charge in [0.15, 0.2) is 0 Å². The van der Waals surface area contributed by atoms with Crippen molar-refractivity contribution in [1.82, 2.24) is 20.0 Å². The van der Waals surface area contributed by atoms with Crippen LogP contribution >= 0.6 is 0 Å². The highest BCUT2D eigenvalue weighted by molar-refractivity contribution is 5.67. The third kappa shape index (κ3) is 5.10. The lowest BCUT2D eigenvalue weighted by Crippen LogP contribution is -2.53. The molecule has 5 heteroatoms. The predicted molar refractivity (Wildman–Crippen MR) is 115 cm³/mol. The molecule has 0 unspecified atom stereocenters. The van der Waals surface area contributed by atoms with Gasteiger partial charge in [-0.3, -0.25) is 14.9 Å². The molecular weight excluding hydrogens is 348 g/mol. The molecule has 2 aromatic rings. The molecule has 0 radical (unpaired) electrons. The first-order chi connectivity index (χ1) is 13.5. The molecular formula is C23H34N4O. The zero-order valence-corrected chi connectivity index (χ0v) is 17.7. The van der Waals surface area contributed by atoms with Crippen LogP contribution in [0, 0.1) is 13.8 Å². The molecule has 5 nitrogen and oxygen atoms in total. The van der Waals surface area contributed by atoms with Gasteiger partial charge in [0.05, 0.1) is 11.9 Å². The number of nitrogens with one attached hydrogen (secondary N) is 1. The number of aromatic amines is 1. The first-order valence-corrected chi connectivity index (χ1v) is 10.3. The number of benzene rings is 1. The van der Waals surface area contributed by atoms with Gasteiger partial charge in [-0.25, -0.2) is 0 Å². The Hall–Kier alpha value is -1.95. The van der Waals surface area contributed by atoms with Crippen LogP contribution in [0.1, 0.15) is 37.0 Å². The van der Waals surface area contributed by atoms with E-state index in [4.69, 9.17) is 0 Å². The molecule has 152 valence electrons. The second-order valence-electron chi connectivity index (χ2n) is 8.27. The van der Waals surface area contributed by atoms with Crippen LogP contribution in [0.4, 0.5) is 0 Å².